The summed E-state index contributed by atoms with van der Waals surface area (Å²) >= 11 is 0. The molecule has 1 atom stereocenters. The third-order valence-electron chi connectivity index (χ3n) is 5.38. The van der Waals surface area contributed by atoms with Crippen molar-refractivity contribution in [2.75, 3.05) is 26.8 Å². The molecule has 0 spiro atoms. The molecular weight excluding hydrogens is 362 g/mol. The second-order valence-electron chi connectivity index (χ2n) is 7.47. The van der Waals surface area contributed by atoms with Crippen molar-refractivity contribution < 1.29 is 14.6 Å². The summed E-state index contributed by atoms with van der Waals surface area (Å²) in [6.07, 6.45) is 0.512. The van der Waals surface area contributed by atoms with E-state index < -0.39 is 6.10 Å². The zero-order chi connectivity index (χ0) is 20.1. The molecule has 0 amide bonds. The van der Waals surface area contributed by atoms with Crippen molar-refractivity contribution in [3.8, 4) is 22.6 Å². The lowest BCUT2D eigenvalue weighted by atomic mass is 10.00. The van der Waals surface area contributed by atoms with Crippen LogP contribution in [0.1, 0.15) is 11.1 Å². The highest BCUT2D eigenvalue weighted by atomic mass is 16.5. The minimum absolute atomic E-state index is 0.282. The molecule has 0 saturated carbocycles. The number of nitrogens with zero attached hydrogens (tertiary/aromatic N) is 1. The number of methoxy groups -OCH3 is 1. The third-order valence-corrected chi connectivity index (χ3v) is 5.38. The minimum atomic E-state index is -0.523. The smallest absolute Gasteiger partial charge is 0.120 e. The number of benzene rings is 3. The number of hydrogen-bond donors (Lipinski definition) is 1. The number of β-amino-alcohol motifs (C(OH)–C–C–N with tert-alkyl or cyclic N) is 1. The van der Waals surface area contributed by atoms with E-state index in [0.717, 1.165) is 42.1 Å². The van der Waals surface area contributed by atoms with Crippen LogP contribution in [-0.2, 0) is 13.0 Å². The van der Waals surface area contributed by atoms with Gasteiger partial charge in [0.25, 0.3) is 0 Å². The van der Waals surface area contributed by atoms with Crippen LogP contribution in [0.25, 0.3) is 11.1 Å². The van der Waals surface area contributed by atoms with E-state index in [2.05, 4.69) is 35.2 Å². The van der Waals surface area contributed by atoms with Crippen LogP contribution < -0.4 is 9.47 Å². The van der Waals surface area contributed by atoms with Gasteiger partial charge in [-0.2, -0.15) is 0 Å². The second kappa shape index (κ2) is 9.12. The van der Waals surface area contributed by atoms with E-state index in [9.17, 15) is 5.11 Å². The maximum absolute atomic E-state index is 10.5. The zero-order valence-electron chi connectivity index (χ0n) is 16.8. The monoisotopic (exact) mass is 389 g/mol. The van der Waals surface area contributed by atoms with Crippen molar-refractivity contribution in [1.82, 2.24) is 4.90 Å². The first-order valence-electron chi connectivity index (χ1n) is 10.1. The molecule has 1 aliphatic rings. The number of ether oxygens (including phenoxy) is 2. The van der Waals surface area contributed by atoms with E-state index in [-0.39, 0.29) is 6.61 Å². The maximum atomic E-state index is 10.5. The van der Waals surface area contributed by atoms with Crippen molar-refractivity contribution in [1.29, 1.82) is 0 Å². The zero-order valence-corrected chi connectivity index (χ0v) is 16.8. The molecule has 0 saturated heterocycles. The van der Waals surface area contributed by atoms with Gasteiger partial charge in [0.05, 0.1) is 7.11 Å². The van der Waals surface area contributed by atoms with Gasteiger partial charge in [0.15, 0.2) is 0 Å². The Kier molecular flexibility index (Phi) is 6.13. The fourth-order valence-electron chi connectivity index (χ4n) is 3.80. The average molecular weight is 389 g/mol. The van der Waals surface area contributed by atoms with Gasteiger partial charge >= 0.3 is 0 Å². The summed E-state index contributed by atoms with van der Waals surface area (Å²) in [6, 6.07) is 24.5. The molecule has 0 fully saturated rings. The first kappa shape index (κ1) is 19.5. The van der Waals surface area contributed by atoms with E-state index >= 15 is 0 Å². The van der Waals surface area contributed by atoms with Crippen molar-refractivity contribution in [2.24, 2.45) is 0 Å². The largest absolute Gasteiger partial charge is 0.497 e. The van der Waals surface area contributed by atoms with Crippen LogP contribution >= 0.6 is 0 Å². The first-order valence-corrected chi connectivity index (χ1v) is 10.1. The highest BCUT2D eigenvalue weighted by Gasteiger charge is 2.18. The lowest BCUT2D eigenvalue weighted by molar-refractivity contribution is 0.0638. The molecule has 150 valence electrons. The van der Waals surface area contributed by atoms with E-state index in [4.69, 9.17) is 9.47 Å². The molecule has 4 nitrogen and oxygen atoms in total. The quantitative estimate of drug-likeness (QED) is 0.659. The molecule has 1 aliphatic heterocycles. The van der Waals surface area contributed by atoms with E-state index in [1.54, 1.807) is 7.11 Å². The summed E-state index contributed by atoms with van der Waals surface area (Å²) in [6.45, 7) is 2.76. The third kappa shape index (κ3) is 4.97. The summed E-state index contributed by atoms with van der Waals surface area (Å²) in [4.78, 5) is 2.30. The van der Waals surface area contributed by atoms with Crippen molar-refractivity contribution in [3.05, 3.63) is 83.9 Å². The van der Waals surface area contributed by atoms with Crippen LogP contribution in [0.5, 0.6) is 11.5 Å². The minimum Gasteiger partial charge on any atom is -0.497 e. The van der Waals surface area contributed by atoms with Crippen molar-refractivity contribution in [3.63, 3.8) is 0 Å². The lowest BCUT2D eigenvalue weighted by Gasteiger charge is -2.30. The van der Waals surface area contributed by atoms with Gasteiger partial charge < -0.3 is 14.6 Å². The van der Waals surface area contributed by atoms with E-state index in [1.165, 1.54) is 11.1 Å². The topological polar surface area (TPSA) is 41.9 Å². The molecule has 1 heterocycles. The molecular formula is C25H27NO3. The molecule has 0 aromatic heterocycles. The maximum Gasteiger partial charge on any atom is 0.120 e. The van der Waals surface area contributed by atoms with Crippen LogP contribution in [0.3, 0.4) is 0 Å². The Bertz CT molecular complexity index is 939. The normalized spacial score (nSPS) is 14.8. The standard InChI is InChI=1S/C25H27NO3/c1-28-24-11-9-20(10-12-24)21-7-4-8-25(15-21)29-18-23(27)17-26-14-13-19-5-2-3-6-22(19)16-26/h2-12,15,23,27H,13-14,16-18H2,1H3. The number of fused-ring (bicyclic) bond motifs is 1. The predicted octanol–water partition coefficient (Wildman–Crippen LogP) is 4.16. The Balaban J connectivity index is 1.32. The molecule has 3 aromatic rings. The summed E-state index contributed by atoms with van der Waals surface area (Å²) in [5, 5.41) is 10.5. The highest BCUT2D eigenvalue weighted by Crippen LogP contribution is 2.26. The van der Waals surface area contributed by atoms with Crippen molar-refractivity contribution >= 4 is 0 Å². The highest BCUT2D eigenvalue weighted by molar-refractivity contribution is 5.65. The number of hydrogen-bond acceptors (Lipinski definition) is 4. The molecule has 29 heavy (non-hydrogen) atoms. The Morgan fingerprint density at radius 3 is 2.48 bits per heavy atom. The lowest BCUT2D eigenvalue weighted by Crippen LogP contribution is -2.38. The molecule has 0 aliphatic carbocycles. The van der Waals surface area contributed by atoms with E-state index in [1.807, 2.05) is 42.5 Å². The predicted molar refractivity (Wildman–Crippen MR) is 115 cm³/mol. The van der Waals surface area contributed by atoms with Gasteiger partial charge in [-0.05, 0) is 52.9 Å². The fourth-order valence-corrected chi connectivity index (χ4v) is 3.80. The van der Waals surface area contributed by atoms with Gasteiger partial charge in [0.1, 0.15) is 24.2 Å². The average Bonchev–Trinajstić information content (AvgIpc) is 2.78. The Morgan fingerprint density at radius 1 is 0.897 bits per heavy atom. The van der Waals surface area contributed by atoms with Gasteiger partial charge in [-0.3, -0.25) is 4.90 Å². The van der Waals surface area contributed by atoms with Gasteiger partial charge in [-0.15, -0.1) is 0 Å². The summed E-state index contributed by atoms with van der Waals surface area (Å²) in [5.74, 6) is 1.60. The summed E-state index contributed by atoms with van der Waals surface area (Å²) in [7, 11) is 1.66. The van der Waals surface area contributed by atoms with Crippen LogP contribution in [0.2, 0.25) is 0 Å². The van der Waals surface area contributed by atoms with Crippen LogP contribution in [0.4, 0.5) is 0 Å². The van der Waals surface area contributed by atoms with Crippen LogP contribution in [-0.4, -0.2) is 42.9 Å². The molecule has 3 aromatic carbocycles. The Labute approximate surface area is 172 Å². The van der Waals surface area contributed by atoms with Crippen LogP contribution in [0.15, 0.2) is 72.8 Å². The van der Waals surface area contributed by atoms with Crippen molar-refractivity contribution in [2.45, 2.75) is 19.1 Å². The fraction of sp³-hybridized carbons (Fsp3) is 0.280. The van der Waals surface area contributed by atoms with Gasteiger partial charge in [0.2, 0.25) is 0 Å². The molecule has 1 unspecified atom stereocenters. The SMILES string of the molecule is COc1ccc(-c2cccc(OCC(O)CN3CCc4ccccc4C3)c2)cc1. The van der Waals surface area contributed by atoms with Crippen LogP contribution in [0, 0.1) is 0 Å². The number of rotatable bonds is 7. The Morgan fingerprint density at radius 2 is 1.69 bits per heavy atom. The molecule has 4 rings (SSSR count). The molecule has 1 N–H and O–H groups in total. The van der Waals surface area contributed by atoms with E-state index in [0.29, 0.717) is 6.54 Å². The summed E-state index contributed by atoms with van der Waals surface area (Å²) in [5.41, 5.74) is 4.96. The summed E-state index contributed by atoms with van der Waals surface area (Å²) < 4.78 is 11.1. The molecule has 0 bridgehead atoms. The van der Waals surface area contributed by atoms with Gasteiger partial charge in [-0.1, -0.05) is 48.5 Å². The molecule has 0 radical (unpaired) electrons. The second-order valence-corrected chi connectivity index (χ2v) is 7.47. The number of aliphatic hydroxyl groups is 1. The number of aliphatic hydroxyl groups excluding tert-OH is 1. The first-order chi connectivity index (χ1) is 14.2. The van der Waals surface area contributed by atoms with Gasteiger partial charge in [0, 0.05) is 19.6 Å². The van der Waals surface area contributed by atoms with Gasteiger partial charge in [-0.25, -0.2) is 0 Å². The molecule has 4 heteroatoms. The Hall–Kier alpha value is -2.82.